The molecule has 5 nitrogen and oxygen atoms in total. The zero-order valence-corrected chi connectivity index (χ0v) is 7.86. The topological polar surface area (TPSA) is 66.5 Å². The molecule has 0 bridgehead atoms. The van der Waals surface area contributed by atoms with Crippen LogP contribution in [0.2, 0.25) is 0 Å². The molecule has 0 saturated carbocycles. The number of aryl methyl sites for hydroxylation is 1. The molecule has 0 spiro atoms. The average Bonchev–Trinajstić information content (AvgIpc) is 2.54. The Morgan fingerprint density at radius 1 is 1.77 bits per heavy atom. The molecule has 0 amide bonds. The highest BCUT2D eigenvalue weighted by molar-refractivity contribution is 4.91. The van der Waals surface area contributed by atoms with Gasteiger partial charge >= 0.3 is 0 Å². The van der Waals surface area contributed by atoms with E-state index in [4.69, 9.17) is 5.26 Å². The van der Waals surface area contributed by atoms with Gasteiger partial charge in [0.15, 0.2) is 0 Å². The van der Waals surface area contributed by atoms with Gasteiger partial charge < -0.3 is 4.57 Å². The minimum absolute atomic E-state index is 0.100. The first-order valence-electron chi connectivity index (χ1n) is 4.23. The summed E-state index contributed by atoms with van der Waals surface area (Å²) in [5.41, 5.74) is 0. The fraction of sp³-hybridized carbons (Fsp3) is 0.625. The van der Waals surface area contributed by atoms with Crippen molar-refractivity contribution in [2.75, 3.05) is 0 Å². The molecule has 0 saturated heterocycles. The third-order valence-electron chi connectivity index (χ3n) is 1.88. The fourth-order valence-electron chi connectivity index (χ4n) is 0.963. The first kappa shape index (κ1) is 9.68. The van der Waals surface area contributed by atoms with Crippen molar-refractivity contribution in [2.45, 2.75) is 25.9 Å². The molecule has 0 fully saturated rings. The van der Waals surface area contributed by atoms with Crippen LogP contribution in [0.5, 0.6) is 0 Å². The summed E-state index contributed by atoms with van der Waals surface area (Å²) in [6.45, 7) is 2.56. The van der Waals surface area contributed by atoms with Crippen molar-refractivity contribution in [3.8, 4) is 6.07 Å². The maximum Gasteiger partial charge on any atom is 0.146 e. The third kappa shape index (κ3) is 2.53. The van der Waals surface area contributed by atoms with Gasteiger partial charge in [-0.15, -0.1) is 10.2 Å². The second kappa shape index (κ2) is 4.58. The lowest BCUT2D eigenvalue weighted by atomic mass is 10.2. The van der Waals surface area contributed by atoms with E-state index in [1.54, 1.807) is 6.33 Å². The van der Waals surface area contributed by atoms with Crippen LogP contribution in [-0.4, -0.2) is 20.8 Å². The van der Waals surface area contributed by atoms with Crippen LogP contribution in [0.25, 0.3) is 0 Å². The largest absolute Gasteiger partial charge is 0.320 e. The van der Waals surface area contributed by atoms with E-state index in [0.717, 1.165) is 12.2 Å². The molecule has 70 valence electrons. The van der Waals surface area contributed by atoms with Crippen LogP contribution in [-0.2, 0) is 13.6 Å². The van der Waals surface area contributed by atoms with E-state index >= 15 is 0 Å². The smallest absolute Gasteiger partial charge is 0.146 e. The van der Waals surface area contributed by atoms with Gasteiger partial charge in [0.1, 0.15) is 12.2 Å². The molecule has 1 atom stereocenters. The van der Waals surface area contributed by atoms with Crippen molar-refractivity contribution < 1.29 is 0 Å². The summed E-state index contributed by atoms with van der Waals surface area (Å²) in [6, 6.07) is 2.06. The van der Waals surface area contributed by atoms with Crippen molar-refractivity contribution in [2.24, 2.45) is 7.05 Å². The summed E-state index contributed by atoms with van der Waals surface area (Å²) >= 11 is 0. The third-order valence-corrected chi connectivity index (χ3v) is 1.88. The average molecular weight is 179 g/mol. The van der Waals surface area contributed by atoms with E-state index in [-0.39, 0.29) is 6.04 Å². The van der Waals surface area contributed by atoms with Gasteiger partial charge in [0, 0.05) is 7.05 Å². The quantitative estimate of drug-likeness (QED) is 0.717. The van der Waals surface area contributed by atoms with Crippen LogP contribution < -0.4 is 5.32 Å². The summed E-state index contributed by atoms with van der Waals surface area (Å²) in [6.07, 6.45) is 2.44. The predicted molar refractivity (Wildman–Crippen MR) is 47.5 cm³/mol. The van der Waals surface area contributed by atoms with Gasteiger partial charge in [-0.2, -0.15) is 5.26 Å². The van der Waals surface area contributed by atoms with Gasteiger partial charge in [-0.25, -0.2) is 0 Å². The Hall–Kier alpha value is -1.41. The zero-order chi connectivity index (χ0) is 9.68. The van der Waals surface area contributed by atoms with E-state index in [1.807, 2.05) is 18.5 Å². The molecule has 0 aliphatic carbocycles. The summed E-state index contributed by atoms with van der Waals surface area (Å²) in [7, 11) is 1.88. The zero-order valence-electron chi connectivity index (χ0n) is 7.86. The van der Waals surface area contributed by atoms with Crippen LogP contribution >= 0.6 is 0 Å². The Balaban J connectivity index is 2.44. The van der Waals surface area contributed by atoms with E-state index < -0.39 is 0 Å². The lowest BCUT2D eigenvalue weighted by Crippen LogP contribution is -2.27. The molecule has 1 aromatic rings. The molecule has 1 rings (SSSR count). The van der Waals surface area contributed by atoms with E-state index in [0.29, 0.717) is 6.54 Å². The molecule has 1 unspecified atom stereocenters. The van der Waals surface area contributed by atoms with Gasteiger partial charge in [0.25, 0.3) is 0 Å². The lowest BCUT2D eigenvalue weighted by Gasteiger charge is -2.07. The molecule has 5 heteroatoms. The molecule has 0 aliphatic heterocycles. The number of nitriles is 1. The first-order valence-corrected chi connectivity index (χ1v) is 4.23. The number of rotatable bonds is 4. The van der Waals surface area contributed by atoms with E-state index in [2.05, 4.69) is 21.6 Å². The van der Waals surface area contributed by atoms with Gasteiger partial charge in [-0.05, 0) is 6.42 Å². The summed E-state index contributed by atoms with van der Waals surface area (Å²) in [5.74, 6) is 0.841. The van der Waals surface area contributed by atoms with Crippen LogP contribution in [0.15, 0.2) is 6.33 Å². The standard InChI is InChI=1S/C8H13N5/c1-3-7(4-9)10-5-8-12-11-6-13(8)2/h6-7,10H,3,5H2,1-2H3. The van der Waals surface area contributed by atoms with Crippen molar-refractivity contribution in [1.82, 2.24) is 20.1 Å². The molecule has 1 aromatic heterocycles. The second-order valence-corrected chi connectivity index (χ2v) is 2.83. The number of nitrogens with one attached hydrogen (secondary N) is 1. The maximum absolute atomic E-state index is 8.67. The molecule has 0 radical (unpaired) electrons. The van der Waals surface area contributed by atoms with E-state index in [9.17, 15) is 0 Å². The molecule has 1 N–H and O–H groups in total. The molecular formula is C8H13N5. The number of aromatic nitrogens is 3. The number of nitrogens with zero attached hydrogens (tertiary/aromatic N) is 4. The van der Waals surface area contributed by atoms with Crippen molar-refractivity contribution in [1.29, 1.82) is 5.26 Å². The van der Waals surface area contributed by atoms with Gasteiger partial charge in [-0.3, -0.25) is 5.32 Å². The Labute approximate surface area is 77.4 Å². The molecule has 0 aliphatic rings. The van der Waals surface area contributed by atoms with Crippen molar-refractivity contribution >= 4 is 0 Å². The van der Waals surface area contributed by atoms with Gasteiger partial charge in [0.2, 0.25) is 0 Å². The first-order chi connectivity index (χ1) is 6.27. The highest BCUT2D eigenvalue weighted by Gasteiger charge is 2.05. The Morgan fingerprint density at radius 2 is 2.54 bits per heavy atom. The lowest BCUT2D eigenvalue weighted by molar-refractivity contribution is 0.560. The fourth-order valence-corrected chi connectivity index (χ4v) is 0.963. The van der Waals surface area contributed by atoms with Crippen LogP contribution in [0.4, 0.5) is 0 Å². The number of hydrogen-bond acceptors (Lipinski definition) is 4. The maximum atomic E-state index is 8.67. The molecular weight excluding hydrogens is 166 g/mol. The summed E-state index contributed by atoms with van der Waals surface area (Å²) in [5, 5.41) is 19.4. The molecule has 0 aromatic carbocycles. The number of hydrogen-bond donors (Lipinski definition) is 1. The summed E-state index contributed by atoms with van der Waals surface area (Å²) < 4.78 is 1.83. The SMILES string of the molecule is CCC(C#N)NCc1nncn1C. The van der Waals surface area contributed by atoms with E-state index in [1.165, 1.54) is 0 Å². The monoisotopic (exact) mass is 179 g/mol. The minimum atomic E-state index is -0.100. The van der Waals surface area contributed by atoms with Crippen LogP contribution in [0.1, 0.15) is 19.2 Å². The Kier molecular flexibility index (Phi) is 3.41. The minimum Gasteiger partial charge on any atom is -0.320 e. The van der Waals surface area contributed by atoms with Crippen LogP contribution in [0, 0.1) is 11.3 Å². The highest BCUT2D eigenvalue weighted by atomic mass is 15.3. The predicted octanol–water partition coefficient (Wildman–Crippen LogP) is 0.207. The van der Waals surface area contributed by atoms with Gasteiger partial charge in [0.05, 0.1) is 18.7 Å². The molecule has 1 heterocycles. The van der Waals surface area contributed by atoms with Crippen molar-refractivity contribution in [3.05, 3.63) is 12.2 Å². The van der Waals surface area contributed by atoms with Gasteiger partial charge in [-0.1, -0.05) is 6.92 Å². The normalized spacial score (nSPS) is 12.4. The van der Waals surface area contributed by atoms with Crippen LogP contribution in [0.3, 0.4) is 0 Å². The highest BCUT2D eigenvalue weighted by Crippen LogP contribution is 1.93. The Morgan fingerprint density at radius 3 is 3.00 bits per heavy atom. The second-order valence-electron chi connectivity index (χ2n) is 2.83. The summed E-state index contributed by atoms with van der Waals surface area (Å²) in [4.78, 5) is 0. The van der Waals surface area contributed by atoms with Crippen molar-refractivity contribution in [3.63, 3.8) is 0 Å². The Bertz CT molecular complexity index is 298. The molecule has 13 heavy (non-hydrogen) atoms.